The number of phenols is 1. The average molecular weight is 442 g/mol. The molecule has 0 heterocycles. The molecule has 0 amide bonds. The van der Waals surface area contributed by atoms with Gasteiger partial charge in [0.2, 0.25) is 0 Å². The van der Waals surface area contributed by atoms with Crippen molar-refractivity contribution in [2.45, 2.75) is 6.54 Å². The minimum atomic E-state index is 0. The molecule has 0 aliphatic heterocycles. The summed E-state index contributed by atoms with van der Waals surface area (Å²) in [5.74, 6) is 0.286. The van der Waals surface area contributed by atoms with E-state index in [0.29, 0.717) is 0 Å². The van der Waals surface area contributed by atoms with E-state index in [1.807, 2.05) is 48.5 Å². The van der Waals surface area contributed by atoms with Crippen LogP contribution in [0.3, 0.4) is 0 Å². The number of hydrogen-bond acceptors (Lipinski definition) is 2. The van der Waals surface area contributed by atoms with Crippen LogP contribution in [0.1, 0.15) is 5.56 Å². The molecule has 2 aromatic rings. The third-order valence-corrected chi connectivity index (χ3v) is 2.23. The SMILES string of the molecule is Br.Br.Br.Oc1ccccc1NCc1ccccc1. The fourth-order valence-corrected chi connectivity index (χ4v) is 1.42. The van der Waals surface area contributed by atoms with Crippen LogP contribution in [-0.4, -0.2) is 5.11 Å². The minimum Gasteiger partial charge on any atom is -0.506 e. The molecule has 100 valence electrons. The van der Waals surface area contributed by atoms with Gasteiger partial charge in [-0.25, -0.2) is 0 Å². The number of nitrogens with one attached hydrogen (secondary N) is 1. The maximum atomic E-state index is 9.53. The summed E-state index contributed by atoms with van der Waals surface area (Å²) in [6, 6.07) is 17.3. The van der Waals surface area contributed by atoms with E-state index >= 15 is 0 Å². The van der Waals surface area contributed by atoms with Crippen LogP contribution in [0.5, 0.6) is 5.75 Å². The molecule has 0 saturated heterocycles. The number of halogens is 3. The Morgan fingerprint density at radius 2 is 1.33 bits per heavy atom. The van der Waals surface area contributed by atoms with Gasteiger partial charge in [-0.05, 0) is 17.7 Å². The highest BCUT2D eigenvalue weighted by Crippen LogP contribution is 2.21. The van der Waals surface area contributed by atoms with Gasteiger partial charge >= 0.3 is 0 Å². The van der Waals surface area contributed by atoms with Gasteiger partial charge in [-0.2, -0.15) is 0 Å². The van der Waals surface area contributed by atoms with Gasteiger partial charge in [-0.3, -0.25) is 0 Å². The Labute approximate surface area is 139 Å². The Balaban J connectivity index is 0. The predicted molar refractivity (Wildman–Crippen MR) is 92.8 cm³/mol. The summed E-state index contributed by atoms with van der Waals surface area (Å²) >= 11 is 0. The highest BCUT2D eigenvalue weighted by atomic mass is 79.9. The molecular formula is C13H16Br3NO. The molecule has 0 bridgehead atoms. The lowest BCUT2D eigenvalue weighted by Gasteiger charge is -2.07. The molecule has 2 N–H and O–H groups in total. The van der Waals surface area contributed by atoms with Crippen molar-refractivity contribution in [3.05, 3.63) is 60.2 Å². The second-order valence-electron chi connectivity index (χ2n) is 3.36. The molecule has 2 aromatic carbocycles. The number of para-hydroxylation sites is 2. The lowest BCUT2D eigenvalue weighted by molar-refractivity contribution is 0.477. The first kappa shape index (κ1) is 19.8. The summed E-state index contributed by atoms with van der Waals surface area (Å²) < 4.78 is 0. The Kier molecular flexibility index (Phi) is 11.5. The van der Waals surface area contributed by atoms with Crippen LogP contribution in [0, 0.1) is 0 Å². The van der Waals surface area contributed by atoms with E-state index in [-0.39, 0.29) is 56.7 Å². The normalized spacial score (nSPS) is 8.22. The molecule has 0 aliphatic carbocycles. The first-order valence-electron chi connectivity index (χ1n) is 4.92. The van der Waals surface area contributed by atoms with Crippen LogP contribution in [-0.2, 0) is 6.54 Å². The first-order valence-corrected chi connectivity index (χ1v) is 4.92. The fourth-order valence-electron chi connectivity index (χ4n) is 1.42. The Bertz CT molecular complexity index is 437. The summed E-state index contributed by atoms with van der Waals surface area (Å²) in [7, 11) is 0. The van der Waals surface area contributed by atoms with E-state index in [4.69, 9.17) is 0 Å². The Morgan fingerprint density at radius 3 is 1.94 bits per heavy atom. The molecule has 0 unspecified atom stereocenters. The third-order valence-electron chi connectivity index (χ3n) is 2.23. The van der Waals surface area contributed by atoms with Crippen LogP contribution in [0.25, 0.3) is 0 Å². The molecule has 18 heavy (non-hydrogen) atoms. The lowest BCUT2D eigenvalue weighted by atomic mass is 10.2. The number of rotatable bonds is 3. The first-order chi connectivity index (χ1) is 7.36. The molecule has 0 atom stereocenters. The quantitative estimate of drug-likeness (QED) is 0.674. The molecule has 2 nitrogen and oxygen atoms in total. The predicted octanol–water partition coefficient (Wildman–Crippen LogP) is 4.74. The van der Waals surface area contributed by atoms with Crippen LogP contribution >= 0.6 is 50.9 Å². The molecule has 0 fully saturated rings. The number of anilines is 1. The highest BCUT2D eigenvalue weighted by molar-refractivity contribution is 8.93. The smallest absolute Gasteiger partial charge is 0.138 e. The second-order valence-corrected chi connectivity index (χ2v) is 3.36. The minimum absolute atomic E-state index is 0. The average Bonchev–Trinajstić information content (AvgIpc) is 2.29. The number of aromatic hydroxyl groups is 1. The van der Waals surface area contributed by atoms with Gasteiger partial charge in [0.15, 0.2) is 0 Å². The van der Waals surface area contributed by atoms with Crippen molar-refractivity contribution >= 4 is 56.6 Å². The van der Waals surface area contributed by atoms with Crippen LogP contribution < -0.4 is 5.32 Å². The number of hydrogen-bond donors (Lipinski definition) is 2. The number of phenolic OH excluding ortho intramolecular Hbond substituents is 1. The fraction of sp³-hybridized carbons (Fsp3) is 0.0769. The molecule has 0 saturated carbocycles. The van der Waals surface area contributed by atoms with Crippen molar-refractivity contribution in [2.75, 3.05) is 5.32 Å². The van der Waals surface area contributed by atoms with Gasteiger partial charge in [0.05, 0.1) is 5.69 Å². The van der Waals surface area contributed by atoms with E-state index in [9.17, 15) is 5.11 Å². The maximum absolute atomic E-state index is 9.53. The molecule has 0 radical (unpaired) electrons. The van der Waals surface area contributed by atoms with Gasteiger partial charge in [0.25, 0.3) is 0 Å². The lowest BCUT2D eigenvalue weighted by Crippen LogP contribution is -1.98. The van der Waals surface area contributed by atoms with Crippen molar-refractivity contribution in [1.82, 2.24) is 0 Å². The molecule has 5 heteroatoms. The summed E-state index contributed by atoms with van der Waals surface area (Å²) in [5.41, 5.74) is 1.96. The number of benzene rings is 2. The van der Waals surface area contributed by atoms with Crippen molar-refractivity contribution in [3.8, 4) is 5.75 Å². The van der Waals surface area contributed by atoms with Crippen LogP contribution in [0.15, 0.2) is 54.6 Å². The van der Waals surface area contributed by atoms with Gasteiger partial charge < -0.3 is 10.4 Å². The third kappa shape index (κ3) is 5.89. The largest absolute Gasteiger partial charge is 0.506 e. The van der Waals surface area contributed by atoms with E-state index in [0.717, 1.165) is 12.2 Å². The van der Waals surface area contributed by atoms with E-state index in [1.165, 1.54) is 5.56 Å². The van der Waals surface area contributed by atoms with E-state index < -0.39 is 0 Å². The molecule has 0 spiro atoms. The van der Waals surface area contributed by atoms with Gasteiger partial charge in [-0.1, -0.05) is 42.5 Å². The van der Waals surface area contributed by atoms with Crippen LogP contribution in [0.2, 0.25) is 0 Å². The van der Waals surface area contributed by atoms with Gasteiger partial charge in [0.1, 0.15) is 5.75 Å². The molecule has 0 aliphatic rings. The topological polar surface area (TPSA) is 32.3 Å². The van der Waals surface area contributed by atoms with Crippen molar-refractivity contribution in [3.63, 3.8) is 0 Å². The zero-order valence-corrected chi connectivity index (χ0v) is 14.7. The van der Waals surface area contributed by atoms with Crippen LogP contribution in [0.4, 0.5) is 5.69 Å². The maximum Gasteiger partial charge on any atom is 0.138 e. The van der Waals surface area contributed by atoms with E-state index in [1.54, 1.807) is 6.07 Å². The van der Waals surface area contributed by atoms with Gasteiger partial charge in [0, 0.05) is 6.54 Å². The molecular weight excluding hydrogens is 426 g/mol. The van der Waals surface area contributed by atoms with Crippen molar-refractivity contribution in [1.29, 1.82) is 0 Å². The highest BCUT2D eigenvalue weighted by Gasteiger charge is 1.97. The Morgan fingerprint density at radius 1 is 0.778 bits per heavy atom. The summed E-state index contributed by atoms with van der Waals surface area (Å²) in [5, 5.41) is 12.7. The Hall–Kier alpha value is -0.520. The van der Waals surface area contributed by atoms with E-state index in [2.05, 4.69) is 5.32 Å². The summed E-state index contributed by atoms with van der Waals surface area (Å²) in [4.78, 5) is 0. The van der Waals surface area contributed by atoms with Gasteiger partial charge in [-0.15, -0.1) is 50.9 Å². The van der Waals surface area contributed by atoms with Crippen molar-refractivity contribution < 1.29 is 5.11 Å². The monoisotopic (exact) mass is 439 g/mol. The molecule has 2 rings (SSSR count). The summed E-state index contributed by atoms with van der Waals surface area (Å²) in [6.45, 7) is 0.721. The zero-order valence-electron chi connectivity index (χ0n) is 9.58. The molecule has 0 aromatic heterocycles. The van der Waals surface area contributed by atoms with Crippen molar-refractivity contribution in [2.24, 2.45) is 0 Å². The second kappa shape index (κ2) is 10.4. The standard InChI is InChI=1S/C13H13NO.3BrH/c15-13-9-5-4-8-12(13)14-10-11-6-2-1-3-7-11;;;/h1-9,14-15H,10H2;3*1H. The summed E-state index contributed by atoms with van der Waals surface area (Å²) in [6.07, 6.45) is 0. The zero-order chi connectivity index (χ0) is 10.5.